The maximum absolute atomic E-state index is 12.1. The minimum Gasteiger partial charge on any atom is -0.320 e. The van der Waals surface area contributed by atoms with E-state index in [-0.39, 0.29) is 11.5 Å². The number of hydrogen-bond donors (Lipinski definition) is 1. The molecule has 2 rings (SSSR count). The number of aryl methyl sites for hydroxylation is 1. The van der Waals surface area contributed by atoms with Crippen LogP contribution in [0.2, 0.25) is 15.2 Å². The smallest absolute Gasteiger partial charge is 0.258 e. The van der Waals surface area contributed by atoms with Crippen LogP contribution in [0.5, 0.6) is 0 Å². The second-order valence-corrected chi connectivity index (χ2v) is 5.05. The maximum Gasteiger partial charge on any atom is 0.258 e. The summed E-state index contributed by atoms with van der Waals surface area (Å²) >= 11 is 17.7. The zero-order valence-electron chi connectivity index (χ0n) is 9.88. The van der Waals surface area contributed by atoms with E-state index in [1.54, 1.807) is 31.2 Å². The van der Waals surface area contributed by atoms with Crippen molar-refractivity contribution in [2.24, 2.45) is 0 Å². The number of nitrogens with zero attached hydrogens (tertiary/aromatic N) is 1. The molecule has 98 valence electrons. The lowest BCUT2D eigenvalue weighted by atomic mass is 10.2. The lowest BCUT2D eigenvalue weighted by Gasteiger charge is -2.09. The minimum absolute atomic E-state index is 0.235. The quantitative estimate of drug-likeness (QED) is 0.823. The third-order valence-corrected chi connectivity index (χ3v) is 3.49. The molecular weight excluding hydrogens is 307 g/mol. The Labute approximate surface area is 125 Å². The fraction of sp³-hybridized carbons (Fsp3) is 0.0769. The fourth-order valence-electron chi connectivity index (χ4n) is 1.53. The number of rotatable bonds is 2. The predicted molar refractivity (Wildman–Crippen MR) is 78.4 cm³/mol. The molecule has 1 N–H and O–H groups in total. The van der Waals surface area contributed by atoms with Crippen LogP contribution in [0.3, 0.4) is 0 Å². The topological polar surface area (TPSA) is 42.0 Å². The van der Waals surface area contributed by atoms with Crippen molar-refractivity contribution in [2.45, 2.75) is 6.92 Å². The summed E-state index contributed by atoms with van der Waals surface area (Å²) in [4.78, 5) is 16.1. The summed E-state index contributed by atoms with van der Waals surface area (Å²) in [5, 5.41) is 3.67. The molecule has 19 heavy (non-hydrogen) atoms. The first-order chi connectivity index (χ1) is 8.99. The highest BCUT2D eigenvalue weighted by Gasteiger charge is 2.15. The van der Waals surface area contributed by atoms with Gasteiger partial charge in [0.2, 0.25) is 0 Å². The van der Waals surface area contributed by atoms with Gasteiger partial charge < -0.3 is 5.32 Å². The molecule has 1 aromatic carbocycles. The summed E-state index contributed by atoms with van der Waals surface area (Å²) in [6, 6.07) is 6.61. The summed E-state index contributed by atoms with van der Waals surface area (Å²) < 4.78 is 0. The van der Waals surface area contributed by atoms with Crippen molar-refractivity contribution in [2.75, 3.05) is 5.32 Å². The van der Waals surface area contributed by atoms with Crippen molar-refractivity contribution in [3.05, 3.63) is 56.8 Å². The fourth-order valence-corrected chi connectivity index (χ4v) is 2.21. The number of anilines is 1. The van der Waals surface area contributed by atoms with E-state index in [9.17, 15) is 4.79 Å². The number of benzene rings is 1. The Morgan fingerprint density at radius 1 is 1.21 bits per heavy atom. The van der Waals surface area contributed by atoms with Crippen LogP contribution in [0, 0.1) is 6.92 Å². The van der Waals surface area contributed by atoms with E-state index < -0.39 is 0 Å². The van der Waals surface area contributed by atoms with Crippen LogP contribution in [-0.4, -0.2) is 10.9 Å². The van der Waals surface area contributed by atoms with Crippen molar-refractivity contribution in [3.8, 4) is 0 Å². The van der Waals surface area contributed by atoms with E-state index in [2.05, 4.69) is 10.3 Å². The molecule has 0 saturated carbocycles. The highest BCUT2D eigenvalue weighted by atomic mass is 35.5. The van der Waals surface area contributed by atoms with Crippen LogP contribution in [0.1, 0.15) is 15.9 Å². The highest BCUT2D eigenvalue weighted by Crippen LogP contribution is 2.25. The van der Waals surface area contributed by atoms with Crippen LogP contribution in [0.15, 0.2) is 30.5 Å². The Balaban J connectivity index is 2.28. The van der Waals surface area contributed by atoms with Gasteiger partial charge in [-0.25, -0.2) is 4.98 Å². The van der Waals surface area contributed by atoms with E-state index in [0.717, 1.165) is 5.56 Å². The van der Waals surface area contributed by atoms with E-state index >= 15 is 0 Å². The number of pyridine rings is 1. The predicted octanol–water partition coefficient (Wildman–Crippen LogP) is 4.60. The molecule has 0 atom stereocenters. The molecule has 0 aliphatic carbocycles. The Kier molecular flexibility index (Phi) is 4.30. The van der Waals surface area contributed by atoms with Gasteiger partial charge in [0, 0.05) is 0 Å². The third-order valence-electron chi connectivity index (χ3n) is 2.46. The molecule has 0 bridgehead atoms. The second-order valence-electron chi connectivity index (χ2n) is 3.88. The first kappa shape index (κ1) is 14.1. The molecule has 0 fully saturated rings. The molecule has 3 nitrogen and oxygen atoms in total. The van der Waals surface area contributed by atoms with Crippen LogP contribution in [0.25, 0.3) is 0 Å². The minimum atomic E-state index is -0.390. The van der Waals surface area contributed by atoms with Crippen LogP contribution < -0.4 is 5.32 Å². The van der Waals surface area contributed by atoms with Gasteiger partial charge in [-0.15, -0.1) is 0 Å². The monoisotopic (exact) mass is 314 g/mol. The molecule has 0 unspecified atom stereocenters. The first-order valence-corrected chi connectivity index (χ1v) is 6.50. The van der Waals surface area contributed by atoms with E-state index in [4.69, 9.17) is 34.8 Å². The third kappa shape index (κ3) is 3.18. The number of carbonyl (C=O) groups excluding carboxylic acids is 1. The molecular formula is C13H9Cl3N2O. The molecule has 2 aromatic rings. The Morgan fingerprint density at radius 3 is 2.42 bits per heavy atom. The van der Waals surface area contributed by atoms with E-state index in [1.165, 1.54) is 6.20 Å². The zero-order chi connectivity index (χ0) is 14.0. The molecule has 1 heterocycles. The Bertz CT molecular complexity index is 624. The number of nitrogens with one attached hydrogen (secondary N) is 1. The largest absolute Gasteiger partial charge is 0.320 e. The van der Waals surface area contributed by atoms with Gasteiger partial charge in [0.1, 0.15) is 5.15 Å². The summed E-state index contributed by atoms with van der Waals surface area (Å²) in [6.45, 7) is 1.80. The normalized spacial score (nSPS) is 10.3. The molecule has 0 spiro atoms. The number of hydrogen-bond acceptors (Lipinski definition) is 2. The number of amides is 1. The summed E-state index contributed by atoms with van der Waals surface area (Å²) in [7, 11) is 0. The van der Waals surface area contributed by atoms with Gasteiger partial charge in [-0.1, -0.05) is 40.9 Å². The molecule has 1 aromatic heterocycles. The summed E-state index contributed by atoms with van der Waals surface area (Å²) in [5.74, 6) is -0.390. The number of halogens is 3. The van der Waals surface area contributed by atoms with Crippen LogP contribution in [0.4, 0.5) is 5.69 Å². The van der Waals surface area contributed by atoms with Crippen molar-refractivity contribution >= 4 is 46.4 Å². The van der Waals surface area contributed by atoms with Gasteiger partial charge in [0.15, 0.2) is 0 Å². The molecule has 1 amide bonds. The standard InChI is InChI=1S/C13H9Cl3N2O/c1-7-5-8(6-17-12(7)16)18-13(19)11-9(14)3-2-4-10(11)15/h2-6H,1H3,(H,18,19). The summed E-state index contributed by atoms with van der Waals surface area (Å²) in [5.41, 5.74) is 1.53. The van der Waals surface area contributed by atoms with Crippen molar-refractivity contribution < 1.29 is 4.79 Å². The van der Waals surface area contributed by atoms with E-state index in [1.807, 2.05) is 0 Å². The Hall–Kier alpha value is -1.29. The van der Waals surface area contributed by atoms with Gasteiger partial charge in [0.25, 0.3) is 5.91 Å². The maximum atomic E-state index is 12.1. The molecule has 0 saturated heterocycles. The molecule has 0 radical (unpaired) electrons. The Morgan fingerprint density at radius 2 is 1.84 bits per heavy atom. The van der Waals surface area contributed by atoms with Crippen molar-refractivity contribution in [1.82, 2.24) is 4.98 Å². The lowest BCUT2D eigenvalue weighted by Crippen LogP contribution is -2.13. The average molecular weight is 316 g/mol. The van der Waals surface area contributed by atoms with Gasteiger partial charge in [-0.2, -0.15) is 0 Å². The average Bonchev–Trinajstić information content (AvgIpc) is 2.33. The highest BCUT2D eigenvalue weighted by molar-refractivity contribution is 6.40. The summed E-state index contributed by atoms with van der Waals surface area (Å²) in [6.07, 6.45) is 1.47. The van der Waals surface area contributed by atoms with Gasteiger partial charge >= 0.3 is 0 Å². The lowest BCUT2D eigenvalue weighted by molar-refractivity contribution is 0.102. The van der Waals surface area contributed by atoms with Gasteiger partial charge in [-0.05, 0) is 30.7 Å². The zero-order valence-corrected chi connectivity index (χ0v) is 12.1. The van der Waals surface area contributed by atoms with Gasteiger partial charge in [0.05, 0.1) is 27.5 Å². The van der Waals surface area contributed by atoms with Crippen LogP contribution in [-0.2, 0) is 0 Å². The number of aromatic nitrogens is 1. The van der Waals surface area contributed by atoms with E-state index in [0.29, 0.717) is 20.9 Å². The molecule has 0 aliphatic rings. The van der Waals surface area contributed by atoms with Crippen molar-refractivity contribution in [1.29, 1.82) is 0 Å². The van der Waals surface area contributed by atoms with Crippen molar-refractivity contribution in [3.63, 3.8) is 0 Å². The van der Waals surface area contributed by atoms with Crippen LogP contribution >= 0.6 is 34.8 Å². The second kappa shape index (κ2) is 5.78. The first-order valence-electron chi connectivity index (χ1n) is 5.36. The number of carbonyl (C=O) groups is 1. The SMILES string of the molecule is Cc1cc(NC(=O)c2c(Cl)cccc2Cl)cnc1Cl. The molecule has 6 heteroatoms. The van der Waals surface area contributed by atoms with Gasteiger partial charge in [-0.3, -0.25) is 4.79 Å². The molecule has 0 aliphatic heterocycles.